The predicted molar refractivity (Wildman–Crippen MR) is 131 cm³/mol. The summed E-state index contributed by atoms with van der Waals surface area (Å²) in [5.74, 6) is -3.26. The summed E-state index contributed by atoms with van der Waals surface area (Å²) in [6.07, 6.45) is 0.479. The van der Waals surface area contributed by atoms with Gasteiger partial charge in [-0.3, -0.25) is 14.4 Å². The molecule has 3 amide bonds. The van der Waals surface area contributed by atoms with Gasteiger partial charge in [0.05, 0.1) is 6.04 Å². The molecule has 0 radical (unpaired) electrons. The second-order valence-corrected chi connectivity index (χ2v) is 9.35. The van der Waals surface area contributed by atoms with Gasteiger partial charge in [0.1, 0.15) is 23.9 Å². The van der Waals surface area contributed by atoms with E-state index in [0.29, 0.717) is 0 Å². The zero-order valence-electron chi connectivity index (χ0n) is 19.9. The first-order valence-electron chi connectivity index (χ1n) is 11.1. The highest BCUT2D eigenvalue weighted by molar-refractivity contribution is 7.80. The number of nitrogens with one attached hydrogen (secondary N) is 3. The lowest BCUT2D eigenvalue weighted by molar-refractivity contribution is -0.141. The lowest BCUT2D eigenvalue weighted by Crippen LogP contribution is -2.58. The van der Waals surface area contributed by atoms with Crippen LogP contribution in [0.15, 0.2) is 24.3 Å². The van der Waals surface area contributed by atoms with Gasteiger partial charge in [-0.1, -0.05) is 39.8 Å². The second-order valence-electron chi connectivity index (χ2n) is 8.98. The molecule has 0 aliphatic heterocycles. The number of phenolic OH excluding ortho intramolecular Hbond substituents is 1. The van der Waals surface area contributed by atoms with Crippen molar-refractivity contribution in [3.63, 3.8) is 0 Å². The maximum absolute atomic E-state index is 13.0. The molecule has 4 unspecified atom stereocenters. The number of carboxylic acids is 1. The molecule has 190 valence electrons. The van der Waals surface area contributed by atoms with Crippen molar-refractivity contribution >= 4 is 36.3 Å². The predicted octanol–water partition coefficient (Wildman–Crippen LogP) is 0.433. The Hall–Kier alpha value is -2.79. The van der Waals surface area contributed by atoms with Gasteiger partial charge in [0.2, 0.25) is 17.7 Å². The molecule has 0 aliphatic carbocycles. The van der Waals surface area contributed by atoms with Crippen molar-refractivity contribution in [1.29, 1.82) is 0 Å². The number of phenols is 1. The quantitative estimate of drug-likeness (QED) is 0.194. The van der Waals surface area contributed by atoms with Crippen LogP contribution in [0, 0.1) is 11.8 Å². The van der Waals surface area contributed by atoms with Crippen LogP contribution < -0.4 is 21.7 Å². The molecule has 11 heteroatoms. The van der Waals surface area contributed by atoms with Crippen molar-refractivity contribution in [2.45, 2.75) is 64.7 Å². The summed E-state index contributed by atoms with van der Waals surface area (Å²) >= 11 is 3.94. The molecular weight excluding hydrogens is 460 g/mol. The molecule has 0 aromatic heterocycles. The summed E-state index contributed by atoms with van der Waals surface area (Å²) < 4.78 is 0. The van der Waals surface area contributed by atoms with E-state index in [4.69, 9.17) is 5.73 Å². The maximum Gasteiger partial charge on any atom is 0.327 e. The molecule has 0 saturated carbocycles. The van der Waals surface area contributed by atoms with E-state index in [1.54, 1.807) is 26.0 Å². The standard InChI is InChI=1S/C23H36N4O6S/c1-12(2)9-17(21(30)26-18(11-34)23(32)33)25-22(31)19(13(3)4)27-20(29)16(24)10-14-5-7-15(28)8-6-14/h5-8,12-13,16-19,28,34H,9-11,24H2,1-4H3,(H,25,31)(H,26,30)(H,27,29)(H,32,33). The van der Waals surface area contributed by atoms with Crippen LogP contribution >= 0.6 is 12.6 Å². The first-order valence-corrected chi connectivity index (χ1v) is 11.8. The van der Waals surface area contributed by atoms with Gasteiger partial charge in [-0.15, -0.1) is 0 Å². The van der Waals surface area contributed by atoms with E-state index in [1.807, 2.05) is 13.8 Å². The van der Waals surface area contributed by atoms with E-state index < -0.39 is 47.9 Å². The number of aliphatic carboxylic acids is 1. The minimum absolute atomic E-state index is 0.0288. The lowest BCUT2D eigenvalue weighted by atomic mass is 9.99. The molecule has 4 atom stereocenters. The Kier molecular flexibility index (Phi) is 11.9. The van der Waals surface area contributed by atoms with E-state index >= 15 is 0 Å². The average molecular weight is 497 g/mol. The van der Waals surface area contributed by atoms with Crippen LogP contribution in [0.25, 0.3) is 0 Å². The molecule has 0 heterocycles. The third-order valence-corrected chi connectivity index (χ3v) is 5.48. The number of nitrogens with two attached hydrogens (primary N) is 1. The number of hydrogen-bond acceptors (Lipinski definition) is 7. The van der Waals surface area contributed by atoms with Crippen LogP contribution in [-0.4, -0.2) is 63.8 Å². The van der Waals surface area contributed by atoms with Crippen molar-refractivity contribution in [3.05, 3.63) is 29.8 Å². The Labute approximate surface area is 205 Å². The summed E-state index contributed by atoms with van der Waals surface area (Å²) in [6, 6.07) is 2.22. The summed E-state index contributed by atoms with van der Waals surface area (Å²) in [4.78, 5) is 49.6. The van der Waals surface area contributed by atoms with Gasteiger partial charge in [-0.25, -0.2) is 4.79 Å². The number of thiol groups is 1. The van der Waals surface area contributed by atoms with Crippen molar-refractivity contribution < 1.29 is 29.4 Å². The Bertz CT molecular complexity index is 846. The maximum atomic E-state index is 13.0. The van der Waals surface area contributed by atoms with Crippen molar-refractivity contribution in [2.24, 2.45) is 17.6 Å². The van der Waals surface area contributed by atoms with E-state index in [1.165, 1.54) is 12.1 Å². The number of carbonyl (C=O) groups excluding carboxylic acids is 3. The summed E-state index contributed by atoms with van der Waals surface area (Å²) in [6.45, 7) is 7.22. The van der Waals surface area contributed by atoms with Crippen LogP contribution in [-0.2, 0) is 25.6 Å². The fourth-order valence-electron chi connectivity index (χ4n) is 3.20. The van der Waals surface area contributed by atoms with Crippen molar-refractivity contribution in [3.8, 4) is 5.75 Å². The molecule has 1 aromatic carbocycles. The molecule has 34 heavy (non-hydrogen) atoms. The zero-order valence-corrected chi connectivity index (χ0v) is 20.8. The highest BCUT2D eigenvalue weighted by Crippen LogP contribution is 2.12. The summed E-state index contributed by atoms with van der Waals surface area (Å²) in [5.41, 5.74) is 6.76. The third-order valence-electron chi connectivity index (χ3n) is 5.11. The van der Waals surface area contributed by atoms with E-state index in [0.717, 1.165) is 5.56 Å². The van der Waals surface area contributed by atoms with Gasteiger partial charge in [0, 0.05) is 5.75 Å². The Morgan fingerprint density at radius 3 is 1.94 bits per heavy atom. The number of hydrogen-bond donors (Lipinski definition) is 7. The number of benzene rings is 1. The molecule has 0 saturated heterocycles. The van der Waals surface area contributed by atoms with E-state index in [2.05, 4.69) is 28.6 Å². The molecular formula is C23H36N4O6S. The van der Waals surface area contributed by atoms with Gasteiger partial charge >= 0.3 is 5.97 Å². The van der Waals surface area contributed by atoms with Crippen LogP contribution in [0.1, 0.15) is 39.7 Å². The van der Waals surface area contributed by atoms with E-state index in [9.17, 15) is 29.4 Å². The van der Waals surface area contributed by atoms with Gasteiger partial charge in [0.25, 0.3) is 0 Å². The van der Waals surface area contributed by atoms with Crippen molar-refractivity contribution in [1.82, 2.24) is 16.0 Å². The van der Waals surface area contributed by atoms with Crippen LogP contribution in [0.3, 0.4) is 0 Å². The second kappa shape index (κ2) is 13.8. The molecule has 0 aliphatic rings. The Balaban J connectivity index is 2.89. The Morgan fingerprint density at radius 2 is 1.47 bits per heavy atom. The number of aromatic hydroxyl groups is 1. The molecule has 1 aromatic rings. The lowest BCUT2D eigenvalue weighted by Gasteiger charge is -2.27. The fourth-order valence-corrected chi connectivity index (χ4v) is 3.44. The molecule has 0 bridgehead atoms. The number of rotatable bonds is 13. The zero-order chi connectivity index (χ0) is 26.0. The van der Waals surface area contributed by atoms with Crippen molar-refractivity contribution in [2.75, 3.05) is 5.75 Å². The highest BCUT2D eigenvalue weighted by atomic mass is 32.1. The molecule has 7 N–H and O–H groups in total. The summed E-state index contributed by atoms with van der Waals surface area (Å²) in [7, 11) is 0. The SMILES string of the molecule is CC(C)CC(NC(=O)C(NC(=O)C(N)Cc1ccc(O)cc1)C(C)C)C(=O)NC(CS)C(=O)O. The molecule has 0 spiro atoms. The highest BCUT2D eigenvalue weighted by Gasteiger charge is 2.31. The van der Waals surface area contributed by atoms with Crippen LogP contribution in [0.2, 0.25) is 0 Å². The smallest absolute Gasteiger partial charge is 0.327 e. The van der Waals surface area contributed by atoms with E-state index in [-0.39, 0.29) is 36.2 Å². The number of carboxylic acid groups (broad SMARTS) is 1. The first-order chi connectivity index (χ1) is 15.8. The Morgan fingerprint density at radius 1 is 0.912 bits per heavy atom. The topological polar surface area (TPSA) is 171 Å². The average Bonchev–Trinajstić information content (AvgIpc) is 2.75. The van der Waals surface area contributed by atoms with Gasteiger partial charge in [-0.05, 0) is 42.4 Å². The normalized spacial score (nSPS) is 14.7. The summed E-state index contributed by atoms with van der Waals surface area (Å²) in [5, 5.41) is 26.2. The largest absolute Gasteiger partial charge is 0.508 e. The minimum Gasteiger partial charge on any atom is -0.508 e. The molecule has 0 fully saturated rings. The van der Waals surface area contributed by atoms with Gasteiger partial charge in [0.15, 0.2) is 0 Å². The molecule has 10 nitrogen and oxygen atoms in total. The van der Waals surface area contributed by atoms with Crippen LogP contribution in [0.5, 0.6) is 5.75 Å². The first kappa shape index (κ1) is 29.2. The molecule has 1 rings (SSSR count). The third kappa shape index (κ3) is 9.60. The number of amides is 3. The monoisotopic (exact) mass is 496 g/mol. The minimum atomic E-state index is -1.23. The number of carbonyl (C=O) groups is 4. The van der Waals surface area contributed by atoms with Crippen LogP contribution in [0.4, 0.5) is 0 Å². The van der Waals surface area contributed by atoms with Gasteiger partial charge < -0.3 is 31.9 Å². The van der Waals surface area contributed by atoms with Gasteiger partial charge in [-0.2, -0.15) is 12.6 Å². The fraction of sp³-hybridized carbons (Fsp3) is 0.565.